The molecule has 1 aromatic heterocycles. The lowest BCUT2D eigenvalue weighted by Gasteiger charge is -2.07. The maximum atomic E-state index is 12.3. The summed E-state index contributed by atoms with van der Waals surface area (Å²) in [6.45, 7) is 6.84. The molecular formula is C22H23NO4. The molecule has 1 N–H and O–H groups in total. The van der Waals surface area contributed by atoms with E-state index in [1.165, 1.54) is 0 Å². The van der Waals surface area contributed by atoms with Crippen molar-refractivity contribution in [1.82, 2.24) is 0 Å². The number of benzene rings is 2. The van der Waals surface area contributed by atoms with Gasteiger partial charge in [-0.15, -0.1) is 0 Å². The lowest BCUT2D eigenvalue weighted by Crippen LogP contribution is -2.10. The Morgan fingerprint density at radius 1 is 0.926 bits per heavy atom. The minimum absolute atomic E-state index is 0.239. The van der Waals surface area contributed by atoms with Gasteiger partial charge in [-0.1, -0.05) is 6.07 Å². The molecule has 2 aromatic carbocycles. The number of rotatable bonds is 7. The lowest BCUT2D eigenvalue weighted by molar-refractivity contribution is 0.0992. The molecule has 0 spiro atoms. The van der Waals surface area contributed by atoms with Crippen LogP contribution in [0.3, 0.4) is 0 Å². The first-order valence-electron chi connectivity index (χ1n) is 8.87. The van der Waals surface area contributed by atoms with Gasteiger partial charge in [-0.2, -0.15) is 0 Å². The molecule has 3 aromatic rings. The van der Waals surface area contributed by atoms with Crippen LogP contribution in [-0.4, -0.2) is 12.5 Å². The van der Waals surface area contributed by atoms with E-state index in [1.807, 2.05) is 45.0 Å². The Morgan fingerprint density at radius 3 is 2.30 bits per heavy atom. The van der Waals surface area contributed by atoms with Gasteiger partial charge in [0, 0.05) is 5.69 Å². The summed E-state index contributed by atoms with van der Waals surface area (Å²) in [6.07, 6.45) is 0. The summed E-state index contributed by atoms with van der Waals surface area (Å²) in [7, 11) is 0. The molecule has 0 bridgehead atoms. The van der Waals surface area contributed by atoms with Gasteiger partial charge in [-0.3, -0.25) is 4.79 Å². The highest BCUT2D eigenvalue weighted by atomic mass is 16.5. The van der Waals surface area contributed by atoms with Crippen LogP contribution in [0.4, 0.5) is 5.69 Å². The number of hydrogen-bond acceptors (Lipinski definition) is 4. The van der Waals surface area contributed by atoms with Crippen molar-refractivity contribution in [3.8, 4) is 11.5 Å². The van der Waals surface area contributed by atoms with Crippen LogP contribution in [0.1, 0.15) is 34.4 Å². The molecule has 1 amide bonds. The monoisotopic (exact) mass is 365 g/mol. The first kappa shape index (κ1) is 18.6. The molecule has 140 valence electrons. The Kier molecular flexibility index (Phi) is 5.81. The maximum Gasteiger partial charge on any atom is 0.291 e. The van der Waals surface area contributed by atoms with Crippen LogP contribution in [0.2, 0.25) is 0 Å². The zero-order valence-electron chi connectivity index (χ0n) is 15.7. The zero-order chi connectivity index (χ0) is 19.2. The van der Waals surface area contributed by atoms with E-state index in [9.17, 15) is 4.79 Å². The van der Waals surface area contributed by atoms with Gasteiger partial charge >= 0.3 is 0 Å². The number of nitrogens with one attached hydrogen (secondary N) is 1. The average Bonchev–Trinajstić information content (AvgIpc) is 3.10. The topological polar surface area (TPSA) is 60.7 Å². The van der Waals surface area contributed by atoms with E-state index >= 15 is 0 Å². The molecular weight excluding hydrogens is 342 g/mol. The van der Waals surface area contributed by atoms with Gasteiger partial charge in [0.1, 0.15) is 23.9 Å². The summed E-state index contributed by atoms with van der Waals surface area (Å²) in [5.74, 6) is 2.06. The molecule has 0 radical (unpaired) electrons. The smallest absolute Gasteiger partial charge is 0.291 e. The largest absolute Gasteiger partial charge is 0.494 e. The molecule has 1 heterocycles. The van der Waals surface area contributed by atoms with Crippen LogP contribution in [-0.2, 0) is 6.61 Å². The molecule has 5 heteroatoms. The molecule has 0 unspecified atom stereocenters. The molecule has 0 saturated heterocycles. The fourth-order valence-electron chi connectivity index (χ4n) is 2.74. The van der Waals surface area contributed by atoms with Crippen molar-refractivity contribution in [2.24, 2.45) is 0 Å². The van der Waals surface area contributed by atoms with Crippen LogP contribution >= 0.6 is 0 Å². The Hall–Kier alpha value is -3.21. The van der Waals surface area contributed by atoms with Crippen molar-refractivity contribution < 1.29 is 18.7 Å². The van der Waals surface area contributed by atoms with Crippen LogP contribution in [0.25, 0.3) is 0 Å². The van der Waals surface area contributed by atoms with Crippen molar-refractivity contribution >= 4 is 11.6 Å². The van der Waals surface area contributed by atoms with Gasteiger partial charge in [0.2, 0.25) is 0 Å². The van der Waals surface area contributed by atoms with E-state index in [1.54, 1.807) is 24.3 Å². The summed E-state index contributed by atoms with van der Waals surface area (Å²) in [5, 5.41) is 2.80. The maximum absolute atomic E-state index is 12.3. The first-order chi connectivity index (χ1) is 13.0. The van der Waals surface area contributed by atoms with Gasteiger partial charge in [-0.05, 0) is 80.4 Å². The quantitative estimate of drug-likeness (QED) is 0.631. The van der Waals surface area contributed by atoms with E-state index in [0.29, 0.717) is 18.1 Å². The van der Waals surface area contributed by atoms with Crippen LogP contribution in [0, 0.1) is 13.8 Å². The summed E-state index contributed by atoms with van der Waals surface area (Å²) in [5.41, 5.74) is 2.95. The Bertz CT molecular complexity index is 892. The van der Waals surface area contributed by atoms with Crippen molar-refractivity contribution in [3.05, 3.63) is 77.2 Å². The van der Waals surface area contributed by atoms with Gasteiger partial charge in [0.05, 0.1) is 6.61 Å². The predicted octanol–water partition coefficient (Wildman–Crippen LogP) is 5.13. The highest BCUT2D eigenvalue weighted by Crippen LogP contribution is 2.20. The zero-order valence-corrected chi connectivity index (χ0v) is 15.7. The van der Waals surface area contributed by atoms with Crippen LogP contribution in [0.5, 0.6) is 11.5 Å². The Balaban J connectivity index is 1.58. The third-order valence-corrected chi connectivity index (χ3v) is 3.88. The number of carbonyl (C=O) groups is 1. The predicted molar refractivity (Wildman–Crippen MR) is 105 cm³/mol. The molecule has 0 atom stereocenters. The van der Waals surface area contributed by atoms with E-state index in [-0.39, 0.29) is 18.3 Å². The Morgan fingerprint density at radius 2 is 1.63 bits per heavy atom. The molecule has 0 aliphatic rings. The first-order valence-corrected chi connectivity index (χ1v) is 8.87. The second kappa shape index (κ2) is 8.45. The fraction of sp³-hybridized carbons (Fsp3) is 0.227. The average molecular weight is 365 g/mol. The van der Waals surface area contributed by atoms with Gasteiger partial charge in [0.15, 0.2) is 5.76 Å². The molecule has 3 rings (SSSR count). The summed E-state index contributed by atoms with van der Waals surface area (Å²) in [6, 6.07) is 16.6. The Labute approximate surface area is 158 Å². The SMILES string of the molecule is CCOc1ccc(NC(=O)c2ccc(COc3cc(C)cc(C)c3)o2)cc1. The molecule has 0 saturated carbocycles. The van der Waals surface area contributed by atoms with Gasteiger partial charge in [-0.25, -0.2) is 0 Å². The third kappa shape index (κ3) is 5.14. The lowest BCUT2D eigenvalue weighted by atomic mass is 10.1. The third-order valence-electron chi connectivity index (χ3n) is 3.88. The number of amides is 1. The van der Waals surface area contributed by atoms with Crippen molar-refractivity contribution in [2.45, 2.75) is 27.4 Å². The molecule has 0 aliphatic carbocycles. The molecule has 0 fully saturated rings. The van der Waals surface area contributed by atoms with E-state index < -0.39 is 0 Å². The number of hydrogen-bond donors (Lipinski definition) is 1. The second-order valence-electron chi connectivity index (χ2n) is 6.29. The number of ether oxygens (including phenoxy) is 2. The van der Waals surface area contributed by atoms with Crippen molar-refractivity contribution in [1.29, 1.82) is 0 Å². The van der Waals surface area contributed by atoms with Crippen LogP contribution in [0.15, 0.2) is 59.0 Å². The number of carbonyl (C=O) groups excluding carboxylic acids is 1. The van der Waals surface area contributed by atoms with Crippen molar-refractivity contribution in [2.75, 3.05) is 11.9 Å². The molecule has 27 heavy (non-hydrogen) atoms. The van der Waals surface area contributed by atoms with Gasteiger partial charge < -0.3 is 19.2 Å². The van der Waals surface area contributed by atoms with E-state index in [0.717, 1.165) is 22.6 Å². The van der Waals surface area contributed by atoms with Gasteiger partial charge in [0.25, 0.3) is 5.91 Å². The number of anilines is 1. The van der Waals surface area contributed by atoms with Crippen molar-refractivity contribution in [3.63, 3.8) is 0 Å². The number of furan rings is 1. The highest BCUT2D eigenvalue weighted by molar-refractivity contribution is 6.02. The summed E-state index contributed by atoms with van der Waals surface area (Å²) in [4.78, 5) is 12.3. The molecule has 0 aliphatic heterocycles. The standard InChI is InChI=1S/C22H23NO4/c1-4-25-18-7-5-17(6-8-18)23-22(24)21-10-9-19(27-21)14-26-20-12-15(2)11-16(3)13-20/h5-13H,4,14H2,1-3H3,(H,23,24). The van der Waals surface area contributed by atoms with E-state index in [4.69, 9.17) is 13.9 Å². The minimum Gasteiger partial charge on any atom is -0.494 e. The highest BCUT2D eigenvalue weighted by Gasteiger charge is 2.12. The summed E-state index contributed by atoms with van der Waals surface area (Å²) < 4.78 is 16.7. The number of aryl methyl sites for hydroxylation is 2. The molecule has 5 nitrogen and oxygen atoms in total. The summed E-state index contributed by atoms with van der Waals surface area (Å²) >= 11 is 0. The second-order valence-corrected chi connectivity index (χ2v) is 6.29. The van der Waals surface area contributed by atoms with E-state index in [2.05, 4.69) is 11.4 Å². The fourth-order valence-corrected chi connectivity index (χ4v) is 2.74. The normalized spacial score (nSPS) is 10.5. The minimum atomic E-state index is -0.309. The van der Waals surface area contributed by atoms with Crippen LogP contribution < -0.4 is 14.8 Å².